The number of thiophene rings is 1. The van der Waals surface area contributed by atoms with Gasteiger partial charge in [-0.2, -0.15) is 0 Å². The van der Waals surface area contributed by atoms with Crippen LogP contribution < -0.4 is 10.6 Å². The van der Waals surface area contributed by atoms with Crippen LogP contribution in [0.3, 0.4) is 0 Å². The Labute approximate surface area is 166 Å². The minimum atomic E-state index is -0.667. The smallest absolute Gasteiger partial charge is 0.228 e. The summed E-state index contributed by atoms with van der Waals surface area (Å²) in [5.41, 5.74) is 0. The molecule has 0 radical (unpaired) electrons. The number of ether oxygens (including phenoxy) is 1. The minimum Gasteiger partial charge on any atom is -0.392 e. The molecule has 3 N–H and O–H groups in total. The maximum atomic E-state index is 12.6. The molecule has 1 fully saturated rings. The largest absolute Gasteiger partial charge is 0.392 e. The summed E-state index contributed by atoms with van der Waals surface area (Å²) in [7, 11) is 0. The van der Waals surface area contributed by atoms with Crippen molar-refractivity contribution in [3.8, 4) is 0 Å². The van der Waals surface area contributed by atoms with Gasteiger partial charge in [-0.05, 0) is 47.8 Å². The molecule has 3 unspecified atom stereocenters. The van der Waals surface area contributed by atoms with Crippen molar-refractivity contribution in [3.63, 3.8) is 0 Å². The molecular formula is C18H27BrN2O4S. The second kappa shape index (κ2) is 9.82. The van der Waals surface area contributed by atoms with Gasteiger partial charge in [-0.3, -0.25) is 9.59 Å². The lowest BCUT2D eigenvalue weighted by Gasteiger charge is -2.34. The molecule has 2 amide bonds. The molecule has 2 rings (SSSR count). The molecule has 26 heavy (non-hydrogen) atoms. The Hall–Kier alpha value is -0.960. The van der Waals surface area contributed by atoms with Crippen LogP contribution in [0.25, 0.3) is 0 Å². The van der Waals surface area contributed by atoms with E-state index in [2.05, 4.69) is 26.6 Å². The number of hydrogen-bond donors (Lipinski definition) is 3. The summed E-state index contributed by atoms with van der Waals surface area (Å²) in [6, 6.07) is 3.38. The molecule has 0 aromatic carbocycles. The van der Waals surface area contributed by atoms with Gasteiger partial charge in [-0.1, -0.05) is 13.8 Å². The zero-order valence-electron chi connectivity index (χ0n) is 15.3. The fourth-order valence-electron chi connectivity index (χ4n) is 2.89. The maximum Gasteiger partial charge on any atom is 0.228 e. The van der Waals surface area contributed by atoms with E-state index in [-0.39, 0.29) is 29.8 Å². The monoisotopic (exact) mass is 446 g/mol. The van der Waals surface area contributed by atoms with E-state index in [1.54, 1.807) is 6.92 Å². The summed E-state index contributed by atoms with van der Waals surface area (Å²) in [4.78, 5) is 26.0. The Bertz CT molecular complexity index is 624. The molecule has 0 bridgehead atoms. The second-order valence-corrected chi connectivity index (χ2v) is 9.22. The number of halogens is 1. The summed E-state index contributed by atoms with van der Waals surface area (Å²) in [6.45, 7) is 6.33. The lowest BCUT2D eigenvalue weighted by Crippen LogP contribution is -2.58. The second-order valence-electron chi connectivity index (χ2n) is 6.72. The first-order valence-electron chi connectivity index (χ1n) is 8.95. The van der Waals surface area contributed by atoms with E-state index < -0.39 is 12.0 Å². The van der Waals surface area contributed by atoms with Gasteiger partial charge in [0.2, 0.25) is 11.8 Å². The van der Waals surface area contributed by atoms with Crippen LogP contribution in [0.2, 0.25) is 0 Å². The number of aliphatic hydroxyl groups is 1. The van der Waals surface area contributed by atoms with Gasteiger partial charge in [0.25, 0.3) is 0 Å². The SMILES string of the molecule is CCC(O)C(C)C(=O)N[C@@H]1CCOC[C@@H]1NC(=O)C(C)c1ccc(Br)s1. The van der Waals surface area contributed by atoms with Gasteiger partial charge in [0.1, 0.15) is 0 Å². The molecule has 5 atom stereocenters. The van der Waals surface area contributed by atoms with Crippen molar-refractivity contribution in [2.75, 3.05) is 13.2 Å². The third-order valence-electron chi connectivity index (χ3n) is 4.83. The zero-order chi connectivity index (χ0) is 19.3. The Morgan fingerprint density at radius 3 is 2.62 bits per heavy atom. The fraction of sp³-hybridized carbons (Fsp3) is 0.667. The average molecular weight is 447 g/mol. The molecule has 2 heterocycles. The van der Waals surface area contributed by atoms with Crippen molar-refractivity contribution in [2.45, 2.75) is 57.7 Å². The summed E-state index contributed by atoms with van der Waals surface area (Å²) in [5, 5.41) is 15.9. The van der Waals surface area contributed by atoms with E-state index in [0.717, 1.165) is 8.66 Å². The first-order chi connectivity index (χ1) is 12.3. The number of rotatable bonds is 7. The Kier molecular flexibility index (Phi) is 8.06. The van der Waals surface area contributed by atoms with Crippen LogP contribution >= 0.6 is 27.3 Å². The van der Waals surface area contributed by atoms with Crippen LogP contribution in [0.5, 0.6) is 0 Å². The summed E-state index contributed by atoms with van der Waals surface area (Å²) in [6.07, 6.45) is 0.487. The molecule has 0 spiro atoms. The van der Waals surface area contributed by atoms with E-state index >= 15 is 0 Å². The Balaban J connectivity index is 1.97. The van der Waals surface area contributed by atoms with Crippen LogP contribution in [0.1, 0.15) is 44.4 Å². The standard InChI is InChI=1S/C18H27BrN2O4S/c1-4-14(22)10(2)17(23)20-12-7-8-25-9-13(12)21-18(24)11(3)15-5-6-16(19)26-15/h5-6,10-14,22H,4,7-9H2,1-3H3,(H,20,23)(H,21,24)/t10?,11?,12-,13+,14?/m1/s1. The Morgan fingerprint density at radius 1 is 1.31 bits per heavy atom. The van der Waals surface area contributed by atoms with E-state index in [9.17, 15) is 14.7 Å². The normalized spacial score (nSPS) is 23.7. The molecule has 1 aliphatic rings. The lowest BCUT2D eigenvalue weighted by molar-refractivity contribution is -0.131. The highest BCUT2D eigenvalue weighted by atomic mass is 79.9. The number of amides is 2. The predicted molar refractivity (Wildman–Crippen MR) is 105 cm³/mol. The first-order valence-corrected chi connectivity index (χ1v) is 10.6. The third kappa shape index (κ3) is 5.52. The van der Waals surface area contributed by atoms with Crippen LogP contribution in [0.4, 0.5) is 0 Å². The molecule has 1 aromatic heterocycles. The molecule has 8 heteroatoms. The molecule has 1 aliphatic heterocycles. The maximum absolute atomic E-state index is 12.6. The van der Waals surface area contributed by atoms with Gasteiger partial charge in [-0.15, -0.1) is 11.3 Å². The number of hydrogen-bond acceptors (Lipinski definition) is 5. The summed E-state index contributed by atoms with van der Waals surface area (Å²) < 4.78 is 6.48. The molecule has 6 nitrogen and oxygen atoms in total. The highest BCUT2D eigenvalue weighted by Crippen LogP contribution is 2.28. The van der Waals surface area contributed by atoms with Crippen LogP contribution in [0, 0.1) is 5.92 Å². The third-order valence-corrected chi connectivity index (χ3v) is 6.64. The molecular weight excluding hydrogens is 420 g/mol. The predicted octanol–water partition coefficient (Wildman–Crippen LogP) is 2.41. The van der Waals surface area contributed by atoms with Crippen molar-refractivity contribution in [1.29, 1.82) is 0 Å². The number of aliphatic hydroxyl groups excluding tert-OH is 1. The van der Waals surface area contributed by atoms with E-state index in [0.29, 0.717) is 26.1 Å². The first kappa shape index (κ1) is 21.3. The van der Waals surface area contributed by atoms with Gasteiger partial charge in [0.15, 0.2) is 0 Å². The van der Waals surface area contributed by atoms with Gasteiger partial charge >= 0.3 is 0 Å². The van der Waals surface area contributed by atoms with Gasteiger partial charge in [-0.25, -0.2) is 0 Å². The topological polar surface area (TPSA) is 87.7 Å². The number of nitrogens with one attached hydrogen (secondary N) is 2. The molecule has 0 saturated carbocycles. The van der Waals surface area contributed by atoms with Gasteiger partial charge < -0.3 is 20.5 Å². The lowest BCUT2D eigenvalue weighted by atomic mass is 9.98. The molecule has 1 aromatic rings. The van der Waals surface area contributed by atoms with Crippen molar-refractivity contribution >= 4 is 39.1 Å². The summed E-state index contributed by atoms with van der Waals surface area (Å²) >= 11 is 4.95. The highest BCUT2D eigenvalue weighted by molar-refractivity contribution is 9.11. The summed E-state index contributed by atoms with van der Waals surface area (Å²) in [5.74, 6) is -1.04. The van der Waals surface area contributed by atoms with Crippen LogP contribution in [-0.4, -0.2) is 48.3 Å². The average Bonchev–Trinajstić information content (AvgIpc) is 3.07. The van der Waals surface area contributed by atoms with Crippen molar-refractivity contribution in [2.24, 2.45) is 5.92 Å². The minimum absolute atomic E-state index is 0.0873. The highest BCUT2D eigenvalue weighted by Gasteiger charge is 2.32. The van der Waals surface area contributed by atoms with Gasteiger partial charge in [0, 0.05) is 11.5 Å². The van der Waals surface area contributed by atoms with Crippen LogP contribution in [-0.2, 0) is 14.3 Å². The van der Waals surface area contributed by atoms with Crippen molar-refractivity contribution in [1.82, 2.24) is 10.6 Å². The molecule has 0 aliphatic carbocycles. The van der Waals surface area contributed by atoms with E-state index in [4.69, 9.17) is 4.74 Å². The van der Waals surface area contributed by atoms with Gasteiger partial charge in [0.05, 0.1) is 40.4 Å². The number of carbonyl (C=O) groups excluding carboxylic acids is 2. The zero-order valence-corrected chi connectivity index (χ0v) is 17.7. The van der Waals surface area contributed by atoms with Crippen LogP contribution in [0.15, 0.2) is 15.9 Å². The molecule has 1 saturated heterocycles. The van der Waals surface area contributed by atoms with Crippen molar-refractivity contribution < 1.29 is 19.4 Å². The van der Waals surface area contributed by atoms with Crippen molar-refractivity contribution in [3.05, 3.63) is 20.8 Å². The fourth-order valence-corrected chi connectivity index (χ4v) is 4.37. The van der Waals surface area contributed by atoms with E-state index in [1.165, 1.54) is 11.3 Å². The quantitative estimate of drug-likeness (QED) is 0.599. The van der Waals surface area contributed by atoms with E-state index in [1.807, 2.05) is 26.0 Å². The Morgan fingerprint density at radius 2 is 2.00 bits per heavy atom. The number of carbonyl (C=O) groups is 2. The molecule has 146 valence electrons.